The summed E-state index contributed by atoms with van der Waals surface area (Å²) < 4.78 is 4.69. The van der Waals surface area contributed by atoms with Gasteiger partial charge in [-0.25, -0.2) is 4.68 Å². The highest BCUT2D eigenvalue weighted by atomic mass is 32.1. The van der Waals surface area contributed by atoms with E-state index in [0.717, 1.165) is 37.4 Å². The molecule has 0 atom stereocenters. The number of rotatable bonds is 5. The van der Waals surface area contributed by atoms with E-state index in [-0.39, 0.29) is 6.61 Å². The van der Waals surface area contributed by atoms with Gasteiger partial charge in [-0.1, -0.05) is 30.3 Å². The Balaban J connectivity index is 1.42. The van der Waals surface area contributed by atoms with Crippen molar-refractivity contribution in [1.82, 2.24) is 19.2 Å². The highest BCUT2D eigenvalue weighted by Gasteiger charge is 2.29. The minimum Gasteiger partial charge on any atom is -0.388 e. The van der Waals surface area contributed by atoms with Gasteiger partial charge in [0.2, 0.25) is 0 Å². The first-order valence-electron chi connectivity index (χ1n) is 8.82. The van der Waals surface area contributed by atoms with Gasteiger partial charge < -0.3 is 5.11 Å². The van der Waals surface area contributed by atoms with E-state index in [0.29, 0.717) is 17.8 Å². The standard InChI is InChI=1S/C18H24N4OS/c23-12-17-19-21(18(24)22(17)16-6-7-16)13-20-10-8-15(9-11-20)14-4-2-1-3-5-14/h1-5,15-16,23H,6-13H2. The first kappa shape index (κ1) is 16.0. The van der Waals surface area contributed by atoms with E-state index < -0.39 is 0 Å². The van der Waals surface area contributed by atoms with Crippen molar-refractivity contribution >= 4 is 12.2 Å². The van der Waals surface area contributed by atoms with E-state index in [9.17, 15) is 5.11 Å². The fourth-order valence-corrected chi connectivity index (χ4v) is 4.04. The lowest BCUT2D eigenvalue weighted by Gasteiger charge is -2.31. The molecule has 0 radical (unpaired) electrons. The van der Waals surface area contributed by atoms with Crippen LogP contribution >= 0.6 is 12.2 Å². The molecule has 1 aliphatic heterocycles. The van der Waals surface area contributed by atoms with Gasteiger partial charge in [0, 0.05) is 19.1 Å². The van der Waals surface area contributed by atoms with Crippen molar-refractivity contribution < 1.29 is 5.11 Å². The zero-order chi connectivity index (χ0) is 16.5. The zero-order valence-corrected chi connectivity index (χ0v) is 14.7. The number of aliphatic hydroxyl groups excluding tert-OH is 1. The van der Waals surface area contributed by atoms with Crippen LogP contribution in [0.15, 0.2) is 30.3 Å². The number of nitrogens with zero attached hydrogens (tertiary/aromatic N) is 4. The SMILES string of the molecule is OCc1nn(CN2CCC(c3ccccc3)CC2)c(=S)n1C1CC1. The van der Waals surface area contributed by atoms with Crippen LogP contribution in [-0.4, -0.2) is 37.4 Å². The normalized spacial score (nSPS) is 19.7. The molecule has 128 valence electrons. The maximum absolute atomic E-state index is 9.54. The van der Waals surface area contributed by atoms with Crippen molar-refractivity contribution in [2.75, 3.05) is 13.1 Å². The second kappa shape index (κ2) is 6.78. The molecule has 1 aliphatic carbocycles. The first-order chi connectivity index (χ1) is 11.8. The highest BCUT2D eigenvalue weighted by molar-refractivity contribution is 7.71. The Morgan fingerprint density at radius 1 is 1.08 bits per heavy atom. The van der Waals surface area contributed by atoms with E-state index >= 15 is 0 Å². The van der Waals surface area contributed by atoms with Crippen LogP contribution in [0.1, 0.15) is 49.0 Å². The molecule has 5 nitrogen and oxygen atoms in total. The van der Waals surface area contributed by atoms with Crippen molar-refractivity contribution in [3.05, 3.63) is 46.5 Å². The molecular weight excluding hydrogens is 320 g/mol. The van der Waals surface area contributed by atoms with Gasteiger partial charge in [0.05, 0.1) is 6.67 Å². The summed E-state index contributed by atoms with van der Waals surface area (Å²) in [4.78, 5) is 2.42. The molecule has 1 saturated heterocycles. The Morgan fingerprint density at radius 3 is 2.42 bits per heavy atom. The van der Waals surface area contributed by atoms with Crippen LogP contribution < -0.4 is 0 Å². The second-order valence-corrected chi connectivity index (χ2v) is 7.27. The molecule has 4 rings (SSSR count). The van der Waals surface area contributed by atoms with E-state index in [1.54, 1.807) is 0 Å². The zero-order valence-electron chi connectivity index (χ0n) is 13.8. The monoisotopic (exact) mass is 344 g/mol. The van der Waals surface area contributed by atoms with Crippen LogP contribution in [0.4, 0.5) is 0 Å². The molecule has 2 aromatic rings. The van der Waals surface area contributed by atoms with Crippen LogP contribution in [-0.2, 0) is 13.3 Å². The van der Waals surface area contributed by atoms with E-state index in [1.807, 2.05) is 9.25 Å². The molecular formula is C18H24N4OS. The first-order valence-corrected chi connectivity index (χ1v) is 9.23. The van der Waals surface area contributed by atoms with Crippen molar-refractivity contribution in [3.63, 3.8) is 0 Å². The number of hydrogen-bond acceptors (Lipinski definition) is 4. The predicted molar refractivity (Wildman–Crippen MR) is 95.2 cm³/mol. The quantitative estimate of drug-likeness (QED) is 0.847. The molecule has 6 heteroatoms. The summed E-state index contributed by atoms with van der Waals surface area (Å²) in [6.07, 6.45) is 4.64. The van der Waals surface area contributed by atoms with Gasteiger partial charge in [-0.2, -0.15) is 5.10 Å². The molecule has 24 heavy (non-hydrogen) atoms. The Labute approximate surface area is 147 Å². The van der Waals surface area contributed by atoms with Crippen molar-refractivity contribution in [3.8, 4) is 0 Å². The van der Waals surface area contributed by atoms with Crippen molar-refractivity contribution in [2.24, 2.45) is 0 Å². The number of hydrogen-bond donors (Lipinski definition) is 1. The number of benzene rings is 1. The maximum atomic E-state index is 9.54. The van der Waals surface area contributed by atoms with Gasteiger partial charge in [-0.15, -0.1) is 0 Å². The van der Waals surface area contributed by atoms with Crippen LogP contribution in [0.3, 0.4) is 0 Å². The molecule has 0 bridgehead atoms. The Kier molecular flexibility index (Phi) is 4.52. The van der Waals surface area contributed by atoms with Gasteiger partial charge in [-0.3, -0.25) is 9.47 Å². The smallest absolute Gasteiger partial charge is 0.199 e. The molecule has 2 fully saturated rings. The third kappa shape index (κ3) is 3.18. The lowest BCUT2D eigenvalue weighted by Crippen LogP contribution is -2.35. The summed E-state index contributed by atoms with van der Waals surface area (Å²) in [6, 6.07) is 11.3. The number of piperidine rings is 1. The lowest BCUT2D eigenvalue weighted by atomic mass is 9.90. The number of likely N-dealkylation sites (tertiary alicyclic amines) is 1. The molecule has 1 aromatic heterocycles. The number of aliphatic hydroxyl groups is 1. The molecule has 1 N–H and O–H groups in total. The molecule has 1 aromatic carbocycles. The fraction of sp³-hybridized carbons (Fsp3) is 0.556. The van der Waals surface area contributed by atoms with Crippen LogP contribution in [0.2, 0.25) is 0 Å². The predicted octanol–water partition coefficient (Wildman–Crippen LogP) is 3.08. The summed E-state index contributed by atoms with van der Waals surface area (Å²) in [7, 11) is 0. The minimum absolute atomic E-state index is 0.0385. The molecule has 0 spiro atoms. The summed E-state index contributed by atoms with van der Waals surface area (Å²) in [5.41, 5.74) is 1.45. The van der Waals surface area contributed by atoms with Gasteiger partial charge in [0.1, 0.15) is 6.61 Å². The van der Waals surface area contributed by atoms with Gasteiger partial charge >= 0.3 is 0 Å². The third-order valence-corrected chi connectivity index (χ3v) is 5.59. The van der Waals surface area contributed by atoms with Crippen LogP contribution in [0.25, 0.3) is 0 Å². The van der Waals surface area contributed by atoms with Gasteiger partial charge in [0.15, 0.2) is 10.6 Å². The summed E-state index contributed by atoms with van der Waals surface area (Å²) >= 11 is 5.59. The molecule has 0 amide bonds. The molecule has 2 heterocycles. The molecule has 2 aliphatic rings. The van der Waals surface area contributed by atoms with Gasteiger partial charge in [-0.05, 0) is 49.4 Å². The maximum Gasteiger partial charge on any atom is 0.199 e. The molecule has 0 unspecified atom stereocenters. The largest absolute Gasteiger partial charge is 0.388 e. The second-order valence-electron chi connectivity index (χ2n) is 6.90. The average molecular weight is 344 g/mol. The summed E-state index contributed by atoms with van der Waals surface area (Å²) in [5, 5.41) is 14.1. The molecule has 1 saturated carbocycles. The average Bonchev–Trinajstić information content (AvgIpc) is 3.41. The summed E-state index contributed by atoms with van der Waals surface area (Å²) in [5.74, 6) is 1.37. The van der Waals surface area contributed by atoms with Crippen molar-refractivity contribution in [1.29, 1.82) is 0 Å². The highest BCUT2D eigenvalue weighted by Crippen LogP contribution is 2.36. The van der Waals surface area contributed by atoms with Crippen LogP contribution in [0.5, 0.6) is 0 Å². The Bertz CT molecular complexity index is 742. The van der Waals surface area contributed by atoms with E-state index in [1.165, 1.54) is 18.4 Å². The van der Waals surface area contributed by atoms with E-state index in [4.69, 9.17) is 12.2 Å². The van der Waals surface area contributed by atoms with E-state index in [2.05, 4.69) is 40.3 Å². The Hall–Kier alpha value is -1.50. The third-order valence-electron chi connectivity index (χ3n) is 5.19. The lowest BCUT2D eigenvalue weighted by molar-refractivity contribution is 0.159. The van der Waals surface area contributed by atoms with Crippen LogP contribution in [0, 0.1) is 4.77 Å². The van der Waals surface area contributed by atoms with Gasteiger partial charge in [0.25, 0.3) is 0 Å². The minimum atomic E-state index is -0.0385. The summed E-state index contributed by atoms with van der Waals surface area (Å²) in [6.45, 7) is 2.81. The van der Waals surface area contributed by atoms with Crippen molar-refractivity contribution in [2.45, 2.75) is 50.9 Å². The Morgan fingerprint density at radius 2 is 1.79 bits per heavy atom. The fourth-order valence-electron chi connectivity index (χ4n) is 3.69. The number of aromatic nitrogens is 3. The topological polar surface area (TPSA) is 46.2 Å².